The molecule has 0 aliphatic carbocycles. The first-order valence-corrected chi connectivity index (χ1v) is 7.92. The number of amides is 1. The summed E-state index contributed by atoms with van der Waals surface area (Å²) in [5.74, 6) is 0.273. The van der Waals surface area contributed by atoms with Crippen LogP contribution in [-0.2, 0) is 16.6 Å². The van der Waals surface area contributed by atoms with E-state index in [-0.39, 0.29) is 47.6 Å². The Bertz CT molecular complexity index is 472. The minimum atomic E-state index is -0.361. The lowest BCUT2D eigenvalue weighted by molar-refractivity contribution is -0.122. The smallest absolute Gasteiger partial charge is 0.226 e. The van der Waals surface area contributed by atoms with Crippen molar-refractivity contribution in [2.45, 2.75) is 58.9 Å². The van der Waals surface area contributed by atoms with Crippen LogP contribution in [0.25, 0.3) is 0 Å². The van der Waals surface area contributed by atoms with Crippen molar-refractivity contribution < 1.29 is 4.79 Å². The number of hydrogen-bond donors (Lipinski definition) is 2. The molecule has 0 saturated heterocycles. The van der Waals surface area contributed by atoms with Crippen molar-refractivity contribution in [3.63, 3.8) is 0 Å². The van der Waals surface area contributed by atoms with Crippen LogP contribution in [0.3, 0.4) is 0 Å². The SMILES string of the molecule is CC(C)C(C)(CN)NC(=O)Cc1csc(C(C)(C)C)n1.Cl.Cl. The molecule has 7 heteroatoms. The molecule has 0 fully saturated rings. The molecule has 3 N–H and O–H groups in total. The van der Waals surface area contributed by atoms with Gasteiger partial charge in [0.1, 0.15) is 0 Å². The van der Waals surface area contributed by atoms with E-state index in [1.165, 1.54) is 0 Å². The molecule has 0 aromatic carbocycles. The van der Waals surface area contributed by atoms with Gasteiger partial charge >= 0.3 is 0 Å². The minimum Gasteiger partial charge on any atom is -0.349 e. The van der Waals surface area contributed by atoms with Gasteiger partial charge in [0, 0.05) is 17.3 Å². The first kappa shape index (κ1) is 23.9. The number of nitrogens with one attached hydrogen (secondary N) is 1. The number of thiazole rings is 1. The van der Waals surface area contributed by atoms with E-state index in [9.17, 15) is 4.79 Å². The van der Waals surface area contributed by atoms with Crippen molar-refractivity contribution in [3.05, 3.63) is 16.1 Å². The first-order chi connectivity index (χ1) is 9.08. The van der Waals surface area contributed by atoms with Gasteiger partial charge in [-0.15, -0.1) is 36.2 Å². The molecular formula is C15H29Cl2N3OS. The first-order valence-electron chi connectivity index (χ1n) is 7.04. The van der Waals surface area contributed by atoms with Crippen molar-refractivity contribution in [1.82, 2.24) is 10.3 Å². The monoisotopic (exact) mass is 369 g/mol. The molecule has 1 heterocycles. The zero-order chi connectivity index (χ0) is 15.6. The predicted molar refractivity (Wildman–Crippen MR) is 99.5 cm³/mol. The second-order valence-corrected chi connectivity index (χ2v) is 7.75. The van der Waals surface area contributed by atoms with Crippen LogP contribution in [-0.4, -0.2) is 23.0 Å². The van der Waals surface area contributed by atoms with Crippen LogP contribution >= 0.6 is 36.2 Å². The molecule has 0 spiro atoms. The van der Waals surface area contributed by atoms with Crippen LogP contribution in [0.1, 0.15) is 52.2 Å². The lowest BCUT2D eigenvalue weighted by Gasteiger charge is -2.33. The molecule has 22 heavy (non-hydrogen) atoms. The molecule has 1 atom stereocenters. The highest BCUT2D eigenvalue weighted by Crippen LogP contribution is 2.25. The molecule has 1 aromatic heterocycles. The number of nitrogens with zero attached hydrogens (tertiary/aromatic N) is 1. The molecule has 0 saturated carbocycles. The molecule has 0 radical (unpaired) electrons. The van der Waals surface area contributed by atoms with Crippen molar-refractivity contribution in [3.8, 4) is 0 Å². The summed E-state index contributed by atoms with van der Waals surface area (Å²) >= 11 is 1.61. The number of carbonyl (C=O) groups is 1. The second kappa shape index (κ2) is 9.06. The summed E-state index contributed by atoms with van der Waals surface area (Å²) in [6.07, 6.45) is 0.314. The van der Waals surface area contributed by atoms with Gasteiger partial charge in [-0.3, -0.25) is 4.79 Å². The van der Waals surface area contributed by atoms with Crippen LogP contribution in [0.4, 0.5) is 0 Å². The number of rotatable bonds is 5. The maximum atomic E-state index is 12.1. The van der Waals surface area contributed by atoms with Crippen LogP contribution in [0.15, 0.2) is 5.38 Å². The summed E-state index contributed by atoms with van der Waals surface area (Å²) in [7, 11) is 0. The fourth-order valence-corrected chi connectivity index (χ4v) is 2.60. The van der Waals surface area contributed by atoms with E-state index in [1.54, 1.807) is 11.3 Å². The van der Waals surface area contributed by atoms with E-state index >= 15 is 0 Å². The Hall–Kier alpha value is -0.360. The van der Waals surface area contributed by atoms with E-state index < -0.39 is 0 Å². The molecule has 1 unspecified atom stereocenters. The van der Waals surface area contributed by atoms with Crippen molar-refractivity contribution in [1.29, 1.82) is 0 Å². The van der Waals surface area contributed by atoms with Crippen LogP contribution in [0, 0.1) is 5.92 Å². The standard InChI is InChI=1S/C15H27N3OS.2ClH/c1-10(2)15(6,9-16)18-12(19)7-11-8-20-13(17-11)14(3,4)5;;/h8,10H,7,9,16H2,1-6H3,(H,18,19);2*1H. The third-order valence-corrected chi connectivity index (χ3v) is 4.98. The lowest BCUT2D eigenvalue weighted by Crippen LogP contribution is -2.55. The quantitative estimate of drug-likeness (QED) is 0.836. The molecule has 1 amide bonds. The van der Waals surface area contributed by atoms with E-state index in [1.807, 2.05) is 12.3 Å². The third-order valence-electron chi connectivity index (χ3n) is 3.66. The van der Waals surface area contributed by atoms with Gasteiger partial charge in [-0.05, 0) is 12.8 Å². The van der Waals surface area contributed by atoms with Gasteiger partial charge in [0.2, 0.25) is 5.91 Å². The fraction of sp³-hybridized carbons (Fsp3) is 0.733. The van der Waals surface area contributed by atoms with Gasteiger partial charge in [0.05, 0.1) is 22.7 Å². The van der Waals surface area contributed by atoms with E-state index in [4.69, 9.17) is 5.73 Å². The zero-order valence-corrected chi connectivity index (χ0v) is 16.7. The van der Waals surface area contributed by atoms with Crippen molar-refractivity contribution >= 4 is 42.1 Å². The fourth-order valence-electron chi connectivity index (χ4n) is 1.69. The molecule has 0 aliphatic heterocycles. The van der Waals surface area contributed by atoms with Gasteiger partial charge in [-0.1, -0.05) is 34.6 Å². The normalized spacial score (nSPS) is 13.8. The molecule has 0 bridgehead atoms. The molecule has 1 rings (SSSR count). The Kier molecular flexibility index (Phi) is 9.84. The predicted octanol–water partition coefficient (Wildman–Crippen LogP) is 3.32. The number of halogens is 2. The van der Waals surface area contributed by atoms with Crippen LogP contribution < -0.4 is 11.1 Å². The van der Waals surface area contributed by atoms with Gasteiger partial charge < -0.3 is 11.1 Å². The van der Waals surface area contributed by atoms with Crippen molar-refractivity contribution in [2.24, 2.45) is 11.7 Å². The highest BCUT2D eigenvalue weighted by atomic mass is 35.5. The summed E-state index contributed by atoms with van der Waals surface area (Å²) < 4.78 is 0. The molecule has 1 aromatic rings. The molecule has 130 valence electrons. The molecule has 4 nitrogen and oxygen atoms in total. The number of hydrogen-bond acceptors (Lipinski definition) is 4. The molecule has 0 aliphatic rings. The second-order valence-electron chi connectivity index (χ2n) is 6.90. The van der Waals surface area contributed by atoms with Crippen LogP contribution in [0.5, 0.6) is 0 Å². The van der Waals surface area contributed by atoms with Crippen molar-refractivity contribution in [2.75, 3.05) is 6.54 Å². The third kappa shape index (κ3) is 6.41. The van der Waals surface area contributed by atoms with E-state index in [0.29, 0.717) is 13.0 Å². The Morgan fingerprint density at radius 3 is 2.23 bits per heavy atom. The van der Waals surface area contributed by atoms with E-state index in [0.717, 1.165) is 10.7 Å². The van der Waals surface area contributed by atoms with Gasteiger partial charge in [0.25, 0.3) is 0 Å². The number of carbonyl (C=O) groups excluding carboxylic acids is 1. The van der Waals surface area contributed by atoms with Gasteiger partial charge in [-0.25, -0.2) is 4.98 Å². The average Bonchev–Trinajstić information content (AvgIpc) is 2.76. The maximum absolute atomic E-state index is 12.1. The minimum absolute atomic E-state index is 0. The van der Waals surface area contributed by atoms with E-state index in [2.05, 4.69) is 44.9 Å². The Labute approximate surface area is 150 Å². The highest BCUT2D eigenvalue weighted by molar-refractivity contribution is 7.09. The Balaban J connectivity index is 0. The van der Waals surface area contributed by atoms with Crippen LogP contribution in [0.2, 0.25) is 0 Å². The molecular weight excluding hydrogens is 341 g/mol. The van der Waals surface area contributed by atoms with Gasteiger partial charge in [0.15, 0.2) is 0 Å². The lowest BCUT2D eigenvalue weighted by atomic mass is 9.88. The maximum Gasteiger partial charge on any atom is 0.226 e. The largest absolute Gasteiger partial charge is 0.349 e. The highest BCUT2D eigenvalue weighted by Gasteiger charge is 2.28. The Morgan fingerprint density at radius 1 is 1.32 bits per heavy atom. The summed E-state index contributed by atoms with van der Waals surface area (Å²) in [5, 5.41) is 6.07. The average molecular weight is 370 g/mol. The Morgan fingerprint density at radius 2 is 1.86 bits per heavy atom. The summed E-state index contributed by atoms with van der Waals surface area (Å²) in [6.45, 7) is 12.9. The van der Waals surface area contributed by atoms with Gasteiger partial charge in [-0.2, -0.15) is 0 Å². The number of aromatic nitrogens is 1. The number of nitrogens with two attached hydrogens (primary N) is 1. The zero-order valence-electron chi connectivity index (χ0n) is 14.2. The summed E-state index contributed by atoms with van der Waals surface area (Å²) in [6, 6.07) is 0. The summed E-state index contributed by atoms with van der Waals surface area (Å²) in [5.41, 5.74) is 6.29. The summed E-state index contributed by atoms with van der Waals surface area (Å²) in [4.78, 5) is 16.7. The topological polar surface area (TPSA) is 68.0 Å².